The molecule has 0 aromatic heterocycles. The molecule has 6 nitrogen and oxygen atoms in total. The standard InChI is InChI=1S/C20H30O6/c1-9-10-4-5-11-19(7-10,15(9)22)17(24)26-13-6-12(21)18(2,3)14-16(23)25-8-20(11,13)14/h9-16,21-23H,4-8H2,1-3H3. The molecule has 26 heavy (non-hydrogen) atoms. The van der Waals surface area contributed by atoms with Gasteiger partial charge < -0.3 is 24.8 Å². The van der Waals surface area contributed by atoms with Crippen molar-refractivity contribution in [3.8, 4) is 0 Å². The Morgan fingerprint density at radius 2 is 1.88 bits per heavy atom. The average Bonchev–Trinajstić information content (AvgIpc) is 3.03. The molecule has 2 aliphatic heterocycles. The van der Waals surface area contributed by atoms with Crippen LogP contribution in [-0.4, -0.2) is 52.5 Å². The van der Waals surface area contributed by atoms with E-state index in [-0.39, 0.29) is 23.7 Å². The minimum absolute atomic E-state index is 0.0772. The van der Waals surface area contributed by atoms with Crippen molar-refractivity contribution in [3.63, 3.8) is 0 Å². The molecule has 0 radical (unpaired) electrons. The van der Waals surface area contributed by atoms with Crippen molar-refractivity contribution in [2.45, 2.75) is 71.1 Å². The Morgan fingerprint density at radius 1 is 1.15 bits per heavy atom. The van der Waals surface area contributed by atoms with Crippen LogP contribution in [0.15, 0.2) is 0 Å². The van der Waals surface area contributed by atoms with Crippen LogP contribution in [0.1, 0.15) is 46.5 Å². The molecule has 10 atom stereocenters. The van der Waals surface area contributed by atoms with Crippen molar-refractivity contribution in [3.05, 3.63) is 0 Å². The summed E-state index contributed by atoms with van der Waals surface area (Å²) in [6.07, 6.45) is 0.0324. The van der Waals surface area contributed by atoms with E-state index in [2.05, 4.69) is 0 Å². The molecule has 146 valence electrons. The van der Waals surface area contributed by atoms with Crippen molar-refractivity contribution in [2.24, 2.45) is 39.9 Å². The van der Waals surface area contributed by atoms with Gasteiger partial charge in [-0.1, -0.05) is 20.8 Å². The Morgan fingerprint density at radius 3 is 2.62 bits per heavy atom. The highest BCUT2D eigenvalue weighted by Gasteiger charge is 2.78. The fourth-order valence-electron chi connectivity index (χ4n) is 7.82. The van der Waals surface area contributed by atoms with Crippen LogP contribution in [0.5, 0.6) is 0 Å². The molecule has 6 heteroatoms. The van der Waals surface area contributed by atoms with Gasteiger partial charge in [0, 0.05) is 17.8 Å². The van der Waals surface area contributed by atoms with Crippen LogP contribution >= 0.6 is 0 Å². The molecule has 3 N–H and O–H groups in total. The zero-order valence-electron chi connectivity index (χ0n) is 15.7. The second-order valence-electron chi connectivity index (χ2n) is 10.2. The lowest BCUT2D eigenvalue weighted by molar-refractivity contribution is -0.265. The minimum atomic E-state index is -0.981. The zero-order valence-corrected chi connectivity index (χ0v) is 15.7. The van der Waals surface area contributed by atoms with Gasteiger partial charge >= 0.3 is 5.97 Å². The number of ether oxygens (including phenoxy) is 2. The third-order valence-corrected chi connectivity index (χ3v) is 9.16. The highest BCUT2D eigenvalue weighted by molar-refractivity contribution is 5.80. The molecule has 5 fully saturated rings. The molecule has 5 rings (SSSR count). The highest BCUT2D eigenvalue weighted by Crippen LogP contribution is 2.72. The van der Waals surface area contributed by atoms with Crippen molar-refractivity contribution in [2.75, 3.05) is 6.61 Å². The quantitative estimate of drug-likeness (QED) is 0.555. The smallest absolute Gasteiger partial charge is 0.315 e. The Bertz CT molecular complexity index is 648. The van der Waals surface area contributed by atoms with Gasteiger partial charge in [-0.3, -0.25) is 4.79 Å². The summed E-state index contributed by atoms with van der Waals surface area (Å²) in [6, 6.07) is 0. The van der Waals surface area contributed by atoms with Gasteiger partial charge in [0.2, 0.25) is 0 Å². The maximum absolute atomic E-state index is 13.2. The number of esters is 1. The number of hydrogen-bond donors (Lipinski definition) is 3. The molecule has 2 bridgehead atoms. The third-order valence-electron chi connectivity index (χ3n) is 9.16. The van der Waals surface area contributed by atoms with Gasteiger partial charge in [0.05, 0.1) is 24.2 Å². The first-order chi connectivity index (χ1) is 12.2. The van der Waals surface area contributed by atoms with E-state index in [0.29, 0.717) is 25.4 Å². The van der Waals surface area contributed by atoms with Crippen LogP contribution in [0.25, 0.3) is 0 Å². The van der Waals surface area contributed by atoms with Crippen LogP contribution in [0, 0.1) is 39.9 Å². The Kier molecular flexibility index (Phi) is 3.36. The molecule has 0 aromatic rings. The number of hydrogen-bond acceptors (Lipinski definition) is 6. The molecule has 0 amide bonds. The third kappa shape index (κ3) is 1.67. The van der Waals surface area contributed by atoms with E-state index in [1.807, 2.05) is 20.8 Å². The van der Waals surface area contributed by atoms with E-state index in [0.717, 1.165) is 12.8 Å². The molecule has 3 saturated carbocycles. The second kappa shape index (κ2) is 5.02. The van der Waals surface area contributed by atoms with Gasteiger partial charge in [0.15, 0.2) is 6.29 Å². The summed E-state index contributed by atoms with van der Waals surface area (Å²) >= 11 is 0. The predicted molar refractivity (Wildman–Crippen MR) is 90.6 cm³/mol. The van der Waals surface area contributed by atoms with Crippen molar-refractivity contribution >= 4 is 5.97 Å². The van der Waals surface area contributed by atoms with E-state index < -0.39 is 40.8 Å². The van der Waals surface area contributed by atoms with Gasteiger partial charge in [0.25, 0.3) is 0 Å². The molecule has 0 aromatic carbocycles. The fourth-order valence-corrected chi connectivity index (χ4v) is 7.82. The summed E-state index contributed by atoms with van der Waals surface area (Å²) in [5.41, 5.74) is -1.97. The number of aliphatic hydroxyl groups excluding tert-OH is 3. The summed E-state index contributed by atoms with van der Waals surface area (Å²) in [6.45, 7) is 6.31. The summed E-state index contributed by atoms with van der Waals surface area (Å²) in [4.78, 5) is 13.2. The predicted octanol–water partition coefficient (Wildman–Crippen LogP) is 1.07. The summed E-state index contributed by atoms with van der Waals surface area (Å²) in [5.74, 6) is -0.278. The summed E-state index contributed by atoms with van der Waals surface area (Å²) in [7, 11) is 0. The number of carbonyl (C=O) groups excluding carboxylic acids is 1. The molecule has 2 saturated heterocycles. The van der Waals surface area contributed by atoms with E-state index >= 15 is 0 Å². The van der Waals surface area contributed by atoms with Gasteiger partial charge in [0.1, 0.15) is 6.10 Å². The SMILES string of the molecule is CC1C2CCC3C(C2)(C(=O)OC2CC(O)C(C)(C)C4C(O)OCC243)C1O. The molecule has 2 spiro atoms. The van der Waals surface area contributed by atoms with Crippen LogP contribution in [0.2, 0.25) is 0 Å². The Balaban J connectivity index is 1.69. The number of carbonyl (C=O) groups is 1. The molecular formula is C20H30O6. The zero-order chi connectivity index (χ0) is 18.6. The molecule has 2 heterocycles. The maximum Gasteiger partial charge on any atom is 0.315 e. The lowest BCUT2D eigenvalue weighted by Crippen LogP contribution is -2.70. The molecule has 3 aliphatic carbocycles. The number of fused-ring (bicyclic) bond motifs is 1. The summed E-state index contributed by atoms with van der Waals surface area (Å²) < 4.78 is 11.7. The van der Waals surface area contributed by atoms with E-state index in [1.54, 1.807) is 0 Å². The van der Waals surface area contributed by atoms with Crippen LogP contribution < -0.4 is 0 Å². The van der Waals surface area contributed by atoms with E-state index in [1.165, 1.54) is 0 Å². The lowest BCUT2D eigenvalue weighted by atomic mass is 9.43. The maximum atomic E-state index is 13.2. The Labute approximate surface area is 153 Å². The van der Waals surface area contributed by atoms with Crippen molar-refractivity contribution in [1.82, 2.24) is 0 Å². The minimum Gasteiger partial charge on any atom is -0.461 e. The molecular weight excluding hydrogens is 336 g/mol. The van der Waals surface area contributed by atoms with E-state index in [9.17, 15) is 20.1 Å². The van der Waals surface area contributed by atoms with Gasteiger partial charge in [-0.05, 0) is 42.4 Å². The van der Waals surface area contributed by atoms with E-state index in [4.69, 9.17) is 9.47 Å². The average molecular weight is 366 g/mol. The largest absolute Gasteiger partial charge is 0.461 e. The molecule has 5 aliphatic rings. The van der Waals surface area contributed by atoms with Gasteiger partial charge in [-0.2, -0.15) is 0 Å². The van der Waals surface area contributed by atoms with Crippen LogP contribution in [-0.2, 0) is 14.3 Å². The van der Waals surface area contributed by atoms with Gasteiger partial charge in [-0.25, -0.2) is 0 Å². The number of aliphatic hydroxyl groups is 3. The Hall–Kier alpha value is -0.690. The lowest BCUT2D eigenvalue weighted by Gasteiger charge is -2.63. The number of rotatable bonds is 0. The monoisotopic (exact) mass is 366 g/mol. The highest BCUT2D eigenvalue weighted by atomic mass is 16.6. The van der Waals surface area contributed by atoms with Gasteiger partial charge in [-0.15, -0.1) is 0 Å². The van der Waals surface area contributed by atoms with Crippen LogP contribution in [0.3, 0.4) is 0 Å². The first-order valence-corrected chi connectivity index (χ1v) is 10.0. The summed E-state index contributed by atoms with van der Waals surface area (Å²) in [5, 5.41) is 32.6. The van der Waals surface area contributed by atoms with Crippen LogP contribution in [0.4, 0.5) is 0 Å². The second-order valence-corrected chi connectivity index (χ2v) is 10.2. The first-order valence-electron chi connectivity index (χ1n) is 10.0. The normalized spacial score (nSPS) is 60.0. The fraction of sp³-hybridized carbons (Fsp3) is 0.950. The van der Waals surface area contributed by atoms with Crippen molar-refractivity contribution < 1.29 is 29.6 Å². The topological polar surface area (TPSA) is 96.2 Å². The first kappa shape index (κ1) is 17.4. The molecule has 10 unspecified atom stereocenters. The van der Waals surface area contributed by atoms with Crippen molar-refractivity contribution in [1.29, 1.82) is 0 Å².